The van der Waals surface area contributed by atoms with Gasteiger partial charge in [-0.3, -0.25) is 4.79 Å². The smallest absolute Gasteiger partial charge is 0.223 e. The maximum Gasteiger partial charge on any atom is 0.223 e. The average Bonchev–Trinajstić information content (AvgIpc) is 2.99. The quantitative estimate of drug-likeness (QED) is 0.699. The first-order chi connectivity index (χ1) is 6.53. The van der Waals surface area contributed by atoms with Crippen molar-refractivity contribution in [3.05, 3.63) is 0 Å². The molecule has 2 atom stereocenters. The van der Waals surface area contributed by atoms with Gasteiger partial charge in [-0.1, -0.05) is 13.8 Å². The average molecular weight is 198 g/mol. The zero-order valence-electron chi connectivity index (χ0n) is 9.47. The Bertz CT molecular complexity index is 213. The summed E-state index contributed by atoms with van der Waals surface area (Å²) in [4.78, 5) is 11.7. The first-order valence-electron chi connectivity index (χ1n) is 5.55. The molecule has 0 aliphatic heterocycles. The van der Waals surface area contributed by atoms with Crippen LogP contribution in [0.1, 0.15) is 40.0 Å². The molecule has 0 heterocycles. The summed E-state index contributed by atoms with van der Waals surface area (Å²) >= 11 is 0. The number of nitrogens with two attached hydrogens (primary N) is 1. The molecule has 1 rings (SSSR count). The molecule has 1 fully saturated rings. The second-order valence-corrected chi connectivity index (χ2v) is 4.69. The minimum atomic E-state index is -0.166. The Morgan fingerprint density at radius 2 is 2.21 bits per heavy atom. The molecule has 0 radical (unpaired) electrons. The van der Waals surface area contributed by atoms with Gasteiger partial charge in [0.1, 0.15) is 0 Å². The molecule has 0 saturated heterocycles. The number of hydrogen-bond acceptors (Lipinski definition) is 2. The largest absolute Gasteiger partial charge is 0.349 e. The third-order valence-corrected chi connectivity index (χ3v) is 3.37. The minimum Gasteiger partial charge on any atom is -0.349 e. The van der Waals surface area contributed by atoms with E-state index in [0.29, 0.717) is 12.5 Å². The molecule has 3 heteroatoms. The zero-order valence-corrected chi connectivity index (χ0v) is 9.47. The molecule has 82 valence electrons. The molecule has 1 saturated carbocycles. The molecule has 0 aromatic rings. The van der Waals surface area contributed by atoms with Gasteiger partial charge in [-0.15, -0.1) is 0 Å². The Balaban J connectivity index is 2.51. The molecule has 1 amide bonds. The molecule has 0 bridgehead atoms. The van der Waals surface area contributed by atoms with Crippen LogP contribution in [-0.2, 0) is 4.79 Å². The standard InChI is InChI=1S/C11H22N2O/c1-4-8(2)10(14)13-11(3,7-12)9-5-6-9/h8-9H,4-7,12H2,1-3H3,(H,13,14). The van der Waals surface area contributed by atoms with Crippen LogP contribution in [0.15, 0.2) is 0 Å². The van der Waals surface area contributed by atoms with Crippen molar-refractivity contribution in [1.29, 1.82) is 0 Å². The van der Waals surface area contributed by atoms with Crippen LogP contribution in [0, 0.1) is 11.8 Å². The van der Waals surface area contributed by atoms with E-state index in [-0.39, 0.29) is 17.4 Å². The predicted octanol–water partition coefficient (Wildman–Crippen LogP) is 1.28. The number of carbonyl (C=O) groups excluding carboxylic acids is 1. The van der Waals surface area contributed by atoms with Crippen molar-refractivity contribution < 1.29 is 4.79 Å². The van der Waals surface area contributed by atoms with Gasteiger partial charge in [0.05, 0.1) is 5.54 Å². The van der Waals surface area contributed by atoms with Gasteiger partial charge in [-0.25, -0.2) is 0 Å². The molecule has 2 unspecified atom stereocenters. The lowest BCUT2D eigenvalue weighted by molar-refractivity contribution is -0.126. The Morgan fingerprint density at radius 1 is 1.64 bits per heavy atom. The van der Waals surface area contributed by atoms with Gasteiger partial charge in [0.15, 0.2) is 0 Å². The van der Waals surface area contributed by atoms with E-state index in [2.05, 4.69) is 12.2 Å². The summed E-state index contributed by atoms with van der Waals surface area (Å²) in [6, 6.07) is 0. The van der Waals surface area contributed by atoms with Crippen molar-refractivity contribution in [3.8, 4) is 0 Å². The van der Waals surface area contributed by atoms with Crippen LogP contribution in [-0.4, -0.2) is 18.0 Å². The minimum absolute atomic E-state index is 0.0969. The van der Waals surface area contributed by atoms with Gasteiger partial charge >= 0.3 is 0 Å². The number of carbonyl (C=O) groups is 1. The maximum atomic E-state index is 11.7. The van der Waals surface area contributed by atoms with E-state index < -0.39 is 0 Å². The van der Waals surface area contributed by atoms with Gasteiger partial charge in [0.25, 0.3) is 0 Å². The Kier molecular flexibility index (Phi) is 3.53. The number of nitrogens with one attached hydrogen (secondary N) is 1. The van der Waals surface area contributed by atoms with Crippen LogP contribution in [0.4, 0.5) is 0 Å². The topological polar surface area (TPSA) is 55.1 Å². The summed E-state index contributed by atoms with van der Waals surface area (Å²) in [5.41, 5.74) is 5.56. The summed E-state index contributed by atoms with van der Waals surface area (Å²) in [6.07, 6.45) is 3.29. The van der Waals surface area contributed by atoms with Crippen LogP contribution in [0.5, 0.6) is 0 Å². The first kappa shape index (κ1) is 11.5. The number of hydrogen-bond donors (Lipinski definition) is 2. The SMILES string of the molecule is CCC(C)C(=O)NC(C)(CN)C1CC1. The molecule has 0 aromatic carbocycles. The Hall–Kier alpha value is -0.570. The van der Waals surface area contributed by atoms with Gasteiger partial charge < -0.3 is 11.1 Å². The highest BCUT2D eigenvalue weighted by atomic mass is 16.2. The van der Waals surface area contributed by atoms with Crippen molar-refractivity contribution >= 4 is 5.91 Å². The molecular weight excluding hydrogens is 176 g/mol. The maximum absolute atomic E-state index is 11.7. The lowest BCUT2D eigenvalue weighted by atomic mass is 9.94. The van der Waals surface area contributed by atoms with E-state index in [4.69, 9.17) is 5.73 Å². The van der Waals surface area contributed by atoms with Crippen molar-refractivity contribution in [2.45, 2.75) is 45.6 Å². The molecule has 0 aromatic heterocycles. The van der Waals surface area contributed by atoms with Crippen molar-refractivity contribution in [2.24, 2.45) is 17.6 Å². The van der Waals surface area contributed by atoms with E-state index in [0.717, 1.165) is 6.42 Å². The Labute approximate surface area is 86.4 Å². The van der Waals surface area contributed by atoms with E-state index in [1.165, 1.54) is 12.8 Å². The van der Waals surface area contributed by atoms with Crippen molar-refractivity contribution in [2.75, 3.05) is 6.54 Å². The van der Waals surface area contributed by atoms with E-state index in [1.54, 1.807) is 0 Å². The van der Waals surface area contributed by atoms with Gasteiger partial charge in [0, 0.05) is 12.5 Å². The fourth-order valence-electron chi connectivity index (χ4n) is 1.63. The molecule has 14 heavy (non-hydrogen) atoms. The second kappa shape index (κ2) is 4.30. The summed E-state index contributed by atoms with van der Waals surface area (Å²) in [5.74, 6) is 0.840. The second-order valence-electron chi connectivity index (χ2n) is 4.69. The van der Waals surface area contributed by atoms with Crippen LogP contribution in [0.25, 0.3) is 0 Å². The lowest BCUT2D eigenvalue weighted by Gasteiger charge is -2.30. The van der Waals surface area contributed by atoms with Crippen LogP contribution in [0.2, 0.25) is 0 Å². The highest BCUT2D eigenvalue weighted by Crippen LogP contribution is 2.39. The normalized spacial score (nSPS) is 22.6. The Morgan fingerprint density at radius 3 is 2.57 bits per heavy atom. The highest BCUT2D eigenvalue weighted by molar-refractivity contribution is 5.79. The molecule has 3 N–H and O–H groups in total. The number of rotatable bonds is 5. The van der Waals surface area contributed by atoms with Crippen molar-refractivity contribution in [1.82, 2.24) is 5.32 Å². The fraction of sp³-hybridized carbons (Fsp3) is 0.909. The molecule has 3 nitrogen and oxygen atoms in total. The third kappa shape index (κ3) is 2.47. The highest BCUT2D eigenvalue weighted by Gasteiger charge is 2.41. The monoisotopic (exact) mass is 198 g/mol. The third-order valence-electron chi connectivity index (χ3n) is 3.37. The number of amides is 1. The van der Waals surface area contributed by atoms with E-state index in [9.17, 15) is 4.79 Å². The molecule has 1 aliphatic rings. The summed E-state index contributed by atoms with van der Waals surface area (Å²) in [7, 11) is 0. The van der Waals surface area contributed by atoms with E-state index in [1.807, 2.05) is 13.8 Å². The molecule has 0 spiro atoms. The van der Waals surface area contributed by atoms with Gasteiger partial charge in [-0.05, 0) is 32.1 Å². The first-order valence-corrected chi connectivity index (χ1v) is 5.55. The summed E-state index contributed by atoms with van der Waals surface area (Å²) in [6.45, 7) is 6.59. The predicted molar refractivity (Wildman–Crippen MR) is 57.8 cm³/mol. The molecule has 1 aliphatic carbocycles. The van der Waals surface area contributed by atoms with Gasteiger partial charge in [0.2, 0.25) is 5.91 Å². The fourth-order valence-corrected chi connectivity index (χ4v) is 1.63. The van der Waals surface area contributed by atoms with Crippen LogP contribution in [0.3, 0.4) is 0 Å². The van der Waals surface area contributed by atoms with E-state index >= 15 is 0 Å². The van der Waals surface area contributed by atoms with Crippen molar-refractivity contribution in [3.63, 3.8) is 0 Å². The zero-order chi connectivity index (χ0) is 10.8. The lowest BCUT2D eigenvalue weighted by Crippen LogP contribution is -2.54. The summed E-state index contributed by atoms with van der Waals surface area (Å²) < 4.78 is 0. The summed E-state index contributed by atoms with van der Waals surface area (Å²) in [5, 5.41) is 3.09. The van der Waals surface area contributed by atoms with Gasteiger partial charge in [-0.2, -0.15) is 0 Å². The molecular formula is C11H22N2O. The van der Waals surface area contributed by atoms with Crippen LogP contribution < -0.4 is 11.1 Å². The van der Waals surface area contributed by atoms with Crippen LogP contribution >= 0.6 is 0 Å².